The van der Waals surface area contributed by atoms with Gasteiger partial charge >= 0.3 is 11.8 Å². The lowest BCUT2D eigenvalue weighted by Gasteiger charge is -2.32. The van der Waals surface area contributed by atoms with Crippen molar-refractivity contribution in [3.05, 3.63) is 0 Å². The number of fused-ring (bicyclic) bond motifs is 2. The van der Waals surface area contributed by atoms with Crippen LogP contribution in [0.3, 0.4) is 0 Å². The van der Waals surface area contributed by atoms with Crippen LogP contribution in [0, 0.1) is 17.8 Å². The van der Waals surface area contributed by atoms with E-state index in [2.05, 4.69) is 22.7 Å². The molecule has 3 rings (SSSR count). The summed E-state index contributed by atoms with van der Waals surface area (Å²) in [6.07, 6.45) is 5.18. The number of hydrazine groups is 1. The summed E-state index contributed by atoms with van der Waals surface area (Å²) in [6, 6.07) is 0.0982. The van der Waals surface area contributed by atoms with Gasteiger partial charge in [0.25, 0.3) is 0 Å². The average molecular weight is 308 g/mol. The highest BCUT2D eigenvalue weighted by atomic mass is 16.2. The summed E-state index contributed by atoms with van der Waals surface area (Å²) in [5.41, 5.74) is 2.72. The molecule has 0 spiro atoms. The van der Waals surface area contributed by atoms with E-state index in [-0.39, 0.29) is 6.04 Å². The number of hydrogen-bond acceptors (Lipinski definition) is 4. The van der Waals surface area contributed by atoms with Gasteiger partial charge in [-0.1, -0.05) is 6.42 Å². The van der Waals surface area contributed by atoms with Gasteiger partial charge in [0.15, 0.2) is 0 Å². The topological polar surface area (TPSA) is 64.7 Å². The van der Waals surface area contributed by atoms with E-state index in [1.807, 2.05) is 11.9 Å². The minimum absolute atomic E-state index is 0.0982. The molecule has 3 aliphatic rings. The van der Waals surface area contributed by atoms with Crippen molar-refractivity contribution in [1.29, 1.82) is 0 Å². The molecule has 1 saturated heterocycles. The Kier molecular flexibility index (Phi) is 4.68. The third kappa shape index (κ3) is 3.43. The lowest BCUT2D eigenvalue weighted by molar-refractivity contribution is -0.143. The van der Waals surface area contributed by atoms with Crippen LogP contribution in [-0.4, -0.2) is 61.0 Å². The van der Waals surface area contributed by atoms with Crippen LogP contribution in [-0.2, 0) is 9.59 Å². The zero-order chi connectivity index (χ0) is 15.7. The van der Waals surface area contributed by atoms with Gasteiger partial charge in [-0.3, -0.25) is 15.0 Å². The molecule has 2 amide bonds. The monoisotopic (exact) mass is 308 g/mol. The van der Waals surface area contributed by atoms with Crippen LogP contribution in [0.1, 0.15) is 32.6 Å². The van der Waals surface area contributed by atoms with Crippen LogP contribution < -0.4 is 10.7 Å². The Hall–Kier alpha value is -1.14. The van der Waals surface area contributed by atoms with Gasteiger partial charge in [0.2, 0.25) is 0 Å². The first kappa shape index (κ1) is 15.7. The number of likely N-dealkylation sites (N-methyl/N-ethyl adjacent to an activating group) is 1. The summed E-state index contributed by atoms with van der Waals surface area (Å²) in [5.74, 6) is 1.14. The van der Waals surface area contributed by atoms with Crippen LogP contribution in [0.5, 0.6) is 0 Å². The molecular weight excluding hydrogens is 280 g/mol. The highest BCUT2D eigenvalue weighted by Gasteiger charge is 2.42. The van der Waals surface area contributed by atoms with Crippen molar-refractivity contribution in [2.45, 2.75) is 38.6 Å². The van der Waals surface area contributed by atoms with Crippen molar-refractivity contribution >= 4 is 11.8 Å². The Morgan fingerprint density at radius 3 is 2.36 bits per heavy atom. The van der Waals surface area contributed by atoms with E-state index < -0.39 is 11.8 Å². The molecule has 0 aromatic carbocycles. The van der Waals surface area contributed by atoms with Crippen molar-refractivity contribution in [2.24, 2.45) is 17.8 Å². The average Bonchev–Trinajstić information content (AvgIpc) is 3.12. The Morgan fingerprint density at radius 1 is 1.05 bits per heavy atom. The maximum Gasteiger partial charge on any atom is 0.323 e. The molecule has 124 valence electrons. The Morgan fingerprint density at radius 2 is 1.77 bits per heavy atom. The van der Waals surface area contributed by atoms with Crippen molar-refractivity contribution in [3.63, 3.8) is 0 Å². The number of rotatable bonds is 3. The fraction of sp³-hybridized carbons (Fsp3) is 0.875. The maximum absolute atomic E-state index is 12.1. The van der Waals surface area contributed by atoms with Gasteiger partial charge in [-0.25, -0.2) is 5.01 Å². The molecule has 0 aromatic rings. The zero-order valence-corrected chi connectivity index (χ0v) is 13.7. The van der Waals surface area contributed by atoms with E-state index in [1.165, 1.54) is 25.7 Å². The molecular formula is C16H28N4O2. The van der Waals surface area contributed by atoms with E-state index in [0.29, 0.717) is 5.92 Å². The quantitative estimate of drug-likeness (QED) is 0.732. The number of nitrogens with one attached hydrogen (secondary N) is 2. The molecule has 1 heterocycles. The molecule has 3 fully saturated rings. The zero-order valence-electron chi connectivity index (χ0n) is 13.7. The van der Waals surface area contributed by atoms with Gasteiger partial charge in [0.1, 0.15) is 0 Å². The number of hydrogen-bond donors (Lipinski definition) is 2. The van der Waals surface area contributed by atoms with Crippen molar-refractivity contribution in [1.82, 2.24) is 20.7 Å². The minimum Gasteiger partial charge on any atom is -0.345 e. The van der Waals surface area contributed by atoms with Crippen LogP contribution >= 0.6 is 0 Å². The fourth-order valence-electron chi connectivity index (χ4n) is 4.40. The molecule has 2 N–H and O–H groups in total. The van der Waals surface area contributed by atoms with Crippen molar-refractivity contribution in [2.75, 3.05) is 33.2 Å². The number of carbonyl (C=O) groups excluding carboxylic acids is 2. The van der Waals surface area contributed by atoms with E-state index >= 15 is 0 Å². The molecule has 6 nitrogen and oxygen atoms in total. The summed E-state index contributed by atoms with van der Waals surface area (Å²) < 4.78 is 0. The van der Waals surface area contributed by atoms with Gasteiger partial charge in [-0.05, 0) is 51.0 Å². The fourth-order valence-corrected chi connectivity index (χ4v) is 4.40. The molecule has 2 bridgehead atoms. The molecule has 4 atom stereocenters. The predicted octanol–water partition coefficient (Wildman–Crippen LogP) is 0.206. The highest BCUT2D eigenvalue weighted by molar-refractivity contribution is 6.35. The van der Waals surface area contributed by atoms with E-state index in [9.17, 15) is 9.59 Å². The first-order valence-electron chi connectivity index (χ1n) is 8.58. The minimum atomic E-state index is -0.528. The van der Waals surface area contributed by atoms with Gasteiger partial charge < -0.3 is 10.2 Å². The smallest absolute Gasteiger partial charge is 0.323 e. The molecule has 2 aliphatic carbocycles. The van der Waals surface area contributed by atoms with Gasteiger partial charge in [-0.2, -0.15) is 0 Å². The first-order valence-corrected chi connectivity index (χ1v) is 8.58. The van der Waals surface area contributed by atoms with Crippen LogP contribution in [0.15, 0.2) is 0 Å². The van der Waals surface area contributed by atoms with Crippen LogP contribution in [0.4, 0.5) is 0 Å². The first-order chi connectivity index (χ1) is 10.5. The maximum atomic E-state index is 12.1. The van der Waals surface area contributed by atoms with Crippen molar-refractivity contribution in [3.8, 4) is 0 Å². The van der Waals surface area contributed by atoms with E-state index in [0.717, 1.165) is 38.0 Å². The second kappa shape index (κ2) is 6.54. The molecule has 4 unspecified atom stereocenters. The van der Waals surface area contributed by atoms with Crippen molar-refractivity contribution < 1.29 is 9.59 Å². The van der Waals surface area contributed by atoms with Gasteiger partial charge in [0, 0.05) is 32.2 Å². The standard InChI is InChI=1S/C16H28N4O2/c1-11(14-10-12-3-4-13(14)9-12)17-15(21)16(22)18-20-7-5-19(2)6-8-20/h11-14H,3-10H2,1-2H3,(H,17,21)(H,18,22). The Labute approximate surface area is 132 Å². The Balaban J connectivity index is 1.44. The second-order valence-electron chi connectivity index (χ2n) is 7.33. The summed E-state index contributed by atoms with van der Waals surface area (Å²) in [4.78, 5) is 26.3. The van der Waals surface area contributed by atoms with Gasteiger partial charge in [-0.15, -0.1) is 0 Å². The summed E-state index contributed by atoms with van der Waals surface area (Å²) in [5, 5.41) is 4.75. The lowest BCUT2D eigenvalue weighted by Crippen LogP contribution is -2.56. The normalized spacial score (nSPS) is 33.6. The lowest BCUT2D eigenvalue weighted by atomic mass is 9.84. The predicted molar refractivity (Wildman–Crippen MR) is 83.8 cm³/mol. The molecule has 0 radical (unpaired) electrons. The van der Waals surface area contributed by atoms with Crippen LogP contribution in [0.25, 0.3) is 0 Å². The third-order valence-electron chi connectivity index (χ3n) is 5.76. The third-order valence-corrected chi connectivity index (χ3v) is 5.76. The van der Waals surface area contributed by atoms with Crippen LogP contribution in [0.2, 0.25) is 0 Å². The molecule has 2 saturated carbocycles. The summed E-state index contributed by atoms with van der Waals surface area (Å²) >= 11 is 0. The summed E-state index contributed by atoms with van der Waals surface area (Å²) in [7, 11) is 2.06. The molecule has 22 heavy (non-hydrogen) atoms. The largest absolute Gasteiger partial charge is 0.345 e. The molecule has 1 aliphatic heterocycles. The SMILES string of the molecule is CC(NC(=O)C(=O)NN1CCN(C)CC1)C1CC2CCC1C2. The van der Waals surface area contributed by atoms with E-state index in [4.69, 9.17) is 0 Å². The Bertz CT molecular complexity index is 434. The van der Waals surface area contributed by atoms with E-state index in [1.54, 1.807) is 0 Å². The molecule has 6 heteroatoms. The molecule has 0 aromatic heterocycles. The number of nitrogens with zero attached hydrogens (tertiary/aromatic N) is 2. The number of carbonyl (C=O) groups is 2. The van der Waals surface area contributed by atoms with Gasteiger partial charge in [0.05, 0.1) is 0 Å². The number of amides is 2. The highest BCUT2D eigenvalue weighted by Crippen LogP contribution is 2.49. The number of piperazine rings is 1. The summed E-state index contributed by atoms with van der Waals surface area (Å²) in [6.45, 7) is 5.38. The second-order valence-corrected chi connectivity index (χ2v) is 7.33.